The smallest absolute Gasteiger partial charge is 0.202 e. The molecule has 0 aromatic heterocycles. The van der Waals surface area contributed by atoms with E-state index in [2.05, 4.69) is 19.9 Å². The van der Waals surface area contributed by atoms with Crippen LogP contribution in [0.3, 0.4) is 0 Å². The van der Waals surface area contributed by atoms with Crippen LogP contribution >= 0.6 is 0 Å². The number of hydrogen-bond acceptors (Lipinski definition) is 6. The molecule has 2 aromatic rings. The summed E-state index contributed by atoms with van der Waals surface area (Å²) in [4.78, 5) is 12.7. The number of aliphatic hydroxyl groups excluding tert-OH is 1. The second-order valence-corrected chi connectivity index (χ2v) is 7.94. The van der Waals surface area contributed by atoms with Crippen LogP contribution in [0, 0.1) is 0 Å². The van der Waals surface area contributed by atoms with Gasteiger partial charge in [-0.05, 0) is 57.4 Å². The molecular weight excluding hydrogens is 396 g/mol. The van der Waals surface area contributed by atoms with E-state index in [0.717, 1.165) is 12.8 Å². The van der Waals surface area contributed by atoms with Crippen LogP contribution in [0.15, 0.2) is 59.7 Å². The van der Waals surface area contributed by atoms with Crippen molar-refractivity contribution >= 4 is 5.78 Å². The van der Waals surface area contributed by atoms with Gasteiger partial charge in [-0.2, -0.15) is 0 Å². The summed E-state index contributed by atoms with van der Waals surface area (Å²) in [6.45, 7) is 6.50. The van der Waals surface area contributed by atoms with Crippen LogP contribution in [0.1, 0.15) is 55.6 Å². The lowest BCUT2D eigenvalue weighted by atomic mass is 9.93. The molecule has 3 N–H and O–H groups in total. The highest BCUT2D eigenvalue weighted by molar-refractivity contribution is 6.05. The maximum atomic E-state index is 12.7. The largest absolute Gasteiger partial charge is 0.508 e. The van der Waals surface area contributed by atoms with E-state index >= 15 is 0 Å². The number of carbonyl (C=O) groups excluding carboxylic acids is 1. The Labute approximate surface area is 182 Å². The van der Waals surface area contributed by atoms with Crippen LogP contribution in [-0.4, -0.2) is 33.8 Å². The molecule has 0 unspecified atom stereocenters. The van der Waals surface area contributed by atoms with Crippen molar-refractivity contribution in [2.45, 2.75) is 45.8 Å². The fourth-order valence-corrected chi connectivity index (χ4v) is 3.37. The van der Waals surface area contributed by atoms with Gasteiger partial charge >= 0.3 is 0 Å². The van der Waals surface area contributed by atoms with Gasteiger partial charge in [-0.15, -0.1) is 0 Å². The molecule has 0 spiro atoms. The number of ketones is 1. The summed E-state index contributed by atoms with van der Waals surface area (Å²) < 4.78 is 11.6. The maximum Gasteiger partial charge on any atom is 0.202 e. The lowest BCUT2D eigenvalue weighted by Crippen LogP contribution is -2.36. The highest BCUT2D eigenvalue weighted by atomic mass is 16.5. The predicted molar refractivity (Wildman–Crippen MR) is 118 cm³/mol. The second kappa shape index (κ2) is 9.71. The molecule has 0 amide bonds. The molecule has 0 saturated heterocycles. The lowest BCUT2D eigenvalue weighted by molar-refractivity contribution is 0.0210. The highest BCUT2D eigenvalue weighted by Crippen LogP contribution is 2.42. The van der Waals surface area contributed by atoms with Crippen LogP contribution in [0.25, 0.3) is 0 Å². The first-order chi connectivity index (χ1) is 14.8. The van der Waals surface area contributed by atoms with Gasteiger partial charge in [0.25, 0.3) is 0 Å². The van der Waals surface area contributed by atoms with Gasteiger partial charge in [-0.25, -0.2) is 0 Å². The van der Waals surface area contributed by atoms with Crippen molar-refractivity contribution in [1.82, 2.24) is 0 Å². The number of aromatic hydroxyl groups is 2. The Morgan fingerprint density at radius 1 is 1.10 bits per heavy atom. The Morgan fingerprint density at radius 2 is 1.81 bits per heavy atom. The van der Waals surface area contributed by atoms with Gasteiger partial charge in [0, 0.05) is 12.1 Å². The van der Waals surface area contributed by atoms with Crippen LogP contribution in [0.2, 0.25) is 0 Å². The lowest BCUT2D eigenvalue weighted by Gasteiger charge is -2.30. The molecule has 6 nitrogen and oxygen atoms in total. The number of carbonyl (C=O) groups is 1. The normalized spacial score (nSPS) is 18.2. The average molecular weight is 424 g/mol. The Bertz CT molecular complexity index is 999. The molecule has 6 heteroatoms. The van der Waals surface area contributed by atoms with E-state index in [4.69, 9.17) is 9.47 Å². The Kier molecular flexibility index (Phi) is 7.02. The van der Waals surface area contributed by atoms with Gasteiger partial charge in [0.1, 0.15) is 35.2 Å². The van der Waals surface area contributed by atoms with Gasteiger partial charge in [0.15, 0.2) is 12.2 Å². The van der Waals surface area contributed by atoms with Gasteiger partial charge < -0.3 is 24.8 Å². The summed E-state index contributed by atoms with van der Waals surface area (Å²) in [5.74, 6) is -0.354. The Morgan fingerprint density at radius 3 is 2.48 bits per heavy atom. The molecule has 0 radical (unpaired) electrons. The molecule has 0 aliphatic carbocycles. The van der Waals surface area contributed by atoms with E-state index < -0.39 is 18.0 Å². The molecular formula is C25H28O6. The SMILES string of the molecule is CC(C)=CCCC(C)=CCOc1cc(O)c2c(c1)O[C@H](c1ccc(O)cc1)[C@@H](O)C2=O. The zero-order valence-electron chi connectivity index (χ0n) is 18.0. The van der Waals surface area contributed by atoms with Crippen molar-refractivity contribution in [3.8, 4) is 23.0 Å². The third-order valence-corrected chi connectivity index (χ3v) is 5.11. The zero-order valence-corrected chi connectivity index (χ0v) is 18.0. The molecule has 164 valence electrons. The number of Topliss-reactive ketones (excluding diaryl/α,β-unsaturated/α-hetero) is 1. The molecule has 1 aliphatic heterocycles. The van der Waals surface area contributed by atoms with Crippen molar-refractivity contribution < 1.29 is 29.6 Å². The maximum absolute atomic E-state index is 12.7. The van der Waals surface area contributed by atoms with Crippen LogP contribution < -0.4 is 9.47 Å². The first-order valence-corrected chi connectivity index (χ1v) is 10.2. The van der Waals surface area contributed by atoms with Crippen molar-refractivity contribution in [2.24, 2.45) is 0 Å². The molecule has 0 saturated carbocycles. The van der Waals surface area contributed by atoms with E-state index in [1.165, 1.54) is 29.3 Å². The Hall–Kier alpha value is -3.25. The summed E-state index contributed by atoms with van der Waals surface area (Å²) in [5, 5.41) is 30.2. The van der Waals surface area contributed by atoms with Crippen molar-refractivity contribution in [3.05, 3.63) is 70.8 Å². The standard InChI is InChI=1S/C25H28O6/c1-15(2)5-4-6-16(3)11-12-30-19-13-20(27)22-21(14-19)31-25(24(29)23(22)28)17-7-9-18(26)10-8-17/h5,7-11,13-14,24-27,29H,4,6,12H2,1-3H3/t24-,25+/m0/s1. The van der Waals surface area contributed by atoms with Crippen molar-refractivity contribution in [3.63, 3.8) is 0 Å². The molecule has 3 rings (SSSR count). The van der Waals surface area contributed by atoms with E-state index in [-0.39, 0.29) is 22.8 Å². The number of phenols is 2. The average Bonchev–Trinajstić information content (AvgIpc) is 2.71. The summed E-state index contributed by atoms with van der Waals surface area (Å²) >= 11 is 0. The molecule has 1 heterocycles. The minimum atomic E-state index is -1.47. The minimum absolute atomic E-state index is 0.0664. The molecule has 1 aliphatic rings. The summed E-state index contributed by atoms with van der Waals surface area (Å²) in [6.07, 6.45) is 3.65. The third kappa shape index (κ3) is 5.47. The van der Waals surface area contributed by atoms with E-state index in [1.54, 1.807) is 18.2 Å². The molecule has 2 atom stereocenters. The van der Waals surface area contributed by atoms with E-state index in [0.29, 0.717) is 17.9 Å². The first kappa shape index (κ1) is 22.4. The minimum Gasteiger partial charge on any atom is -0.508 e. The van der Waals surface area contributed by atoms with Gasteiger partial charge in [-0.3, -0.25) is 4.79 Å². The molecule has 0 fully saturated rings. The fourth-order valence-electron chi connectivity index (χ4n) is 3.37. The summed E-state index contributed by atoms with van der Waals surface area (Å²) in [7, 11) is 0. The van der Waals surface area contributed by atoms with Crippen LogP contribution in [-0.2, 0) is 0 Å². The number of fused-ring (bicyclic) bond motifs is 1. The number of allylic oxidation sites excluding steroid dienone is 3. The molecule has 0 bridgehead atoms. The zero-order chi connectivity index (χ0) is 22.5. The van der Waals surface area contributed by atoms with Gasteiger partial charge in [0.2, 0.25) is 5.78 Å². The quantitative estimate of drug-likeness (QED) is 0.550. The van der Waals surface area contributed by atoms with Crippen molar-refractivity contribution in [1.29, 1.82) is 0 Å². The third-order valence-electron chi connectivity index (χ3n) is 5.11. The van der Waals surface area contributed by atoms with E-state index in [9.17, 15) is 20.1 Å². The predicted octanol–water partition coefficient (Wildman–Crippen LogP) is 4.85. The number of benzene rings is 2. The number of ether oxygens (including phenoxy) is 2. The molecule has 2 aromatic carbocycles. The number of hydrogen-bond donors (Lipinski definition) is 3. The monoisotopic (exact) mass is 424 g/mol. The number of phenolic OH excluding ortho intramolecular Hbond substituents is 2. The van der Waals surface area contributed by atoms with Crippen LogP contribution in [0.5, 0.6) is 23.0 Å². The summed E-state index contributed by atoms with van der Waals surface area (Å²) in [5.41, 5.74) is 2.95. The first-order valence-electron chi connectivity index (χ1n) is 10.2. The highest BCUT2D eigenvalue weighted by Gasteiger charge is 2.39. The topological polar surface area (TPSA) is 96.2 Å². The summed E-state index contributed by atoms with van der Waals surface area (Å²) in [6, 6.07) is 8.94. The van der Waals surface area contributed by atoms with Gasteiger partial charge in [0.05, 0.1) is 0 Å². The van der Waals surface area contributed by atoms with Crippen molar-refractivity contribution in [2.75, 3.05) is 6.61 Å². The number of rotatable bonds is 7. The Balaban J connectivity index is 1.75. The number of aliphatic hydroxyl groups is 1. The fraction of sp³-hybridized carbons (Fsp3) is 0.320. The molecule has 31 heavy (non-hydrogen) atoms. The van der Waals surface area contributed by atoms with Gasteiger partial charge in [-0.1, -0.05) is 29.4 Å². The second-order valence-electron chi connectivity index (χ2n) is 7.94. The van der Waals surface area contributed by atoms with Crippen LogP contribution in [0.4, 0.5) is 0 Å². The van der Waals surface area contributed by atoms with E-state index in [1.807, 2.05) is 13.0 Å².